The molecule has 140 valence electrons. The second-order valence-corrected chi connectivity index (χ2v) is 6.74. The summed E-state index contributed by atoms with van der Waals surface area (Å²) >= 11 is 5.82. The molecule has 1 amide bonds. The van der Waals surface area contributed by atoms with Gasteiger partial charge in [-0.05, 0) is 31.7 Å². The smallest absolute Gasteiger partial charge is 0.368 e. The molecule has 9 heteroatoms. The molecule has 0 spiro atoms. The van der Waals surface area contributed by atoms with Gasteiger partial charge in [0, 0.05) is 38.3 Å². The lowest BCUT2D eigenvalue weighted by molar-refractivity contribution is -0.137. The van der Waals surface area contributed by atoms with Gasteiger partial charge in [-0.3, -0.25) is 4.79 Å². The van der Waals surface area contributed by atoms with Crippen molar-refractivity contribution in [2.75, 3.05) is 25.0 Å². The van der Waals surface area contributed by atoms with Crippen molar-refractivity contribution >= 4 is 23.3 Å². The number of alkyl halides is 3. The van der Waals surface area contributed by atoms with E-state index < -0.39 is 11.7 Å². The van der Waals surface area contributed by atoms with Gasteiger partial charge in [-0.15, -0.1) is 0 Å². The molecule has 1 fully saturated rings. The number of carbonyl (C=O) groups is 1. The summed E-state index contributed by atoms with van der Waals surface area (Å²) in [6.45, 7) is 3.55. The molecule has 2 heterocycles. The second kappa shape index (κ2) is 8.23. The van der Waals surface area contributed by atoms with E-state index in [1.54, 1.807) is 4.90 Å². The number of hydrogen-bond donors (Lipinski definition) is 2. The number of pyridine rings is 1. The standard InChI is InChI=1S/C16H22ClF3N4O/c1-10(21)11-3-2-6-24(9-11)14(25)4-5-22-15-13(17)7-12(8-23-15)16(18,19)20/h7-8,10-11H,2-6,9,21H2,1H3,(H,22,23)/t10-,11-/m0/s1. The molecule has 1 aromatic rings. The summed E-state index contributed by atoms with van der Waals surface area (Å²) < 4.78 is 37.7. The number of carbonyl (C=O) groups excluding carboxylic acids is 1. The number of piperidine rings is 1. The zero-order valence-electron chi connectivity index (χ0n) is 13.9. The van der Waals surface area contributed by atoms with Crippen molar-refractivity contribution in [1.82, 2.24) is 9.88 Å². The summed E-state index contributed by atoms with van der Waals surface area (Å²) in [5, 5.41) is 2.69. The molecule has 2 atom stereocenters. The Morgan fingerprint density at radius 1 is 1.56 bits per heavy atom. The van der Waals surface area contributed by atoms with Crippen LogP contribution in [0.2, 0.25) is 5.02 Å². The molecule has 1 aliphatic heterocycles. The molecular formula is C16H22ClF3N4O. The topological polar surface area (TPSA) is 71.2 Å². The lowest BCUT2D eigenvalue weighted by Crippen LogP contribution is -2.45. The van der Waals surface area contributed by atoms with Crippen LogP contribution in [0.15, 0.2) is 12.3 Å². The Hall–Kier alpha value is -1.54. The first kappa shape index (κ1) is 19.8. The largest absolute Gasteiger partial charge is 0.417 e. The summed E-state index contributed by atoms with van der Waals surface area (Å²) in [5.74, 6) is 0.423. The van der Waals surface area contributed by atoms with Crippen LogP contribution < -0.4 is 11.1 Å². The average molecular weight is 379 g/mol. The van der Waals surface area contributed by atoms with E-state index in [9.17, 15) is 18.0 Å². The normalized spacial score (nSPS) is 19.6. The molecule has 25 heavy (non-hydrogen) atoms. The van der Waals surface area contributed by atoms with Crippen LogP contribution in [0.5, 0.6) is 0 Å². The number of aromatic nitrogens is 1. The van der Waals surface area contributed by atoms with Crippen molar-refractivity contribution < 1.29 is 18.0 Å². The quantitative estimate of drug-likeness (QED) is 0.825. The molecule has 0 unspecified atom stereocenters. The second-order valence-electron chi connectivity index (χ2n) is 6.33. The monoisotopic (exact) mass is 378 g/mol. The highest BCUT2D eigenvalue weighted by molar-refractivity contribution is 6.32. The van der Waals surface area contributed by atoms with E-state index in [1.807, 2.05) is 6.92 Å². The van der Waals surface area contributed by atoms with Gasteiger partial charge in [-0.25, -0.2) is 4.98 Å². The number of hydrogen-bond acceptors (Lipinski definition) is 4. The van der Waals surface area contributed by atoms with Crippen LogP contribution in [-0.2, 0) is 11.0 Å². The Balaban J connectivity index is 1.85. The van der Waals surface area contributed by atoms with E-state index in [-0.39, 0.29) is 35.8 Å². The van der Waals surface area contributed by atoms with Gasteiger partial charge in [0.25, 0.3) is 0 Å². The summed E-state index contributed by atoms with van der Waals surface area (Å²) in [5.41, 5.74) is 5.00. The van der Waals surface area contributed by atoms with Crippen molar-refractivity contribution in [2.45, 2.75) is 38.4 Å². The highest BCUT2D eigenvalue weighted by Crippen LogP contribution is 2.32. The fraction of sp³-hybridized carbons (Fsp3) is 0.625. The predicted octanol–water partition coefficient (Wildman–Crippen LogP) is 3.14. The molecule has 0 radical (unpaired) electrons. The Morgan fingerprint density at radius 2 is 2.28 bits per heavy atom. The summed E-state index contributed by atoms with van der Waals surface area (Å²) in [6, 6.07) is 0.861. The minimum absolute atomic E-state index is 0.0131. The van der Waals surface area contributed by atoms with Gasteiger partial charge in [0.05, 0.1) is 10.6 Å². The molecule has 1 aromatic heterocycles. The minimum Gasteiger partial charge on any atom is -0.368 e. The molecule has 0 aliphatic carbocycles. The number of likely N-dealkylation sites (tertiary alicyclic amines) is 1. The molecule has 1 aliphatic rings. The van der Waals surface area contributed by atoms with E-state index in [2.05, 4.69) is 10.3 Å². The average Bonchev–Trinajstić information content (AvgIpc) is 2.55. The van der Waals surface area contributed by atoms with Gasteiger partial charge in [0.2, 0.25) is 5.91 Å². The van der Waals surface area contributed by atoms with E-state index in [0.717, 1.165) is 18.9 Å². The number of halogens is 4. The molecule has 0 saturated carbocycles. The van der Waals surface area contributed by atoms with Crippen molar-refractivity contribution in [3.8, 4) is 0 Å². The SMILES string of the molecule is C[C@H](N)[C@H]1CCCN(C(=O)CCNc2ncc(C(F)(F)F)cc2Cl)C1. The maximum atomic E-state index is 12.6. The molecule has 0 aromatic carbocycles. The third-order valence-electron chi connectivity index (χ3n) is 4.35. The highest BCUT2D eigenvalue weighted by atomic mass is 35.5. The highest BCUT2D eigenvalue weighted by Gasteiger charge is 2.31. The molecular weight excluding hydrogens is 357 g/mol. The van der Waals surface area contributed by atoms with Crippen LogP contribution >= 0.6 is 11.6 Å². The first-order chi connectivity index (χ1) is 11.7. The Labute approximate surface area is 149 Å². The Bertz CT molecular complexity index is 610. The maximum absolute atomic E-state index is 12.6. The fourth-order valence-corrected chi connectivity index (χ4v) is 3.07. The Morgan fingerprint density at radius 3 is 2.88 bits per heavy atom. The lowest BCUT2D eigenvalue weighted by atomic mass is 9.92. The van der Waals surface area contributed by atoms with Gasteiger partial charge in [-0.2, -0.15) is 13.2 Å². The van der Waals surface area contributed by atoms with Gasteiger partial charge < -0.3 is 16.0 Å². The van der Waals surface area contributed by atoms with Crippen molar-refractivity contribution in [3.05, 3.63) is 22.8 Å². The van der Waals surface area contributed by atoms with Crippen molar-refractivity contribution in [1.29, 1.82) is 0 Å². The van der Waals surface area contributed by atoms with Crippen LogP contribution in [0.3, 0.4) is 0 Å². The van der Waals surface area contributed by atoms with Crippen molar-refractivity contribution in [3.63, 3.8) is 0 Å². The number of amides is 1. The number of nitrogens with zero attached hydrogens (tertiary/aromatic N) is 2. The zero-order chi connectivity index (χ0) is 18.6. The van der Waals surface area contributed by atoms with E-state index >= 15 is 0 Å². The molecule has 5 nitrogen and oxygen atoms in total. The van der Waals surface area contributed by atoms with Gasteiger partial charge >= 0.3 is 6.18 Å². The van der Waals surface area contributed by atoms with Crippen LogP contribution in [0.25, 0.3) is 0 Å². The fourth-order valence-electron chi connectivity index (χ4n) is 2.83. The van der Waals surface area contributed by atoms with E-state index in [0.29, 0.717) is 25.2 Å². The van der Waals surface area contributed by atoms with E-state index in [4.69, 9.17) is 17.3 Å². The van der Waals surface area contributed by atoms with Gasteiger partial charge in [0.15, 0.2) is 0 Å². The molecule has 3 N–H and O–H groups in total. The first-order valence-electron chi connectivity index (χ1n) is 8.18. The van der Waals surface area contributed by atoms with Crippen LogP contribution in [0.4, 0.5) is 19.0 Å². The first-order valence-corrected chi connectivity index (χ1v) is 8.56. The van der Waals surface area contributed by atoms with Gasteiger partial charge in [0.1, 0.15) is 5.82 Å². The number of rotatable bonds is 5. The molecule has 1 saturated heterocycles. The Kier molecular flexibility index (Phi) is 6.51. The van der Waals surface area contributed by atoms with Gasteiger partial charge in [-0.1, -0.05) is 11.6 Å². The third kappa shape index (κ3) is 5.47. The van der Waals surface area contributed by atoms with Crippen molar-refractivity contribution in [2.24, 2.45) is 11.7 Å². The maximum Gasteiger partial charge on any atom is 0.417 e. The van der Waals surface area contributed by atoms with Crippen LogP contribution in [0.1, 0.15) is 31.7 Å². The summed E-state index contributed by atoms with van der Waals surface area (Å²) in [6.07, 6.45) is -1.61. The van der Waals surface area contributed by atoms with Crippen LogP contribution in [0, 0.1) is 5.92 Å². The zero-order valence-corrected chi connectivity index (χ0v) is 14.7. The lowest BCUT2D eigenvalue weighted by Gasteiger charge is -2.34. The number of nitrogens with one attached hydrogen (secondary N) is 1. The summed E-state index contributed by atoms with van der Waals surface area (Å²) in [4.78, 5) is 17.7. The molecule has 0 bridgehead atoms. The summed E-state index contributed by atoms with van der Waals surface area (Å²) in [7, 11) is 0. The third-order valence-corrected chi connectivity index (χ3v) is 4.64. The number of nitrogens with two attached hydrogens (primary N) is 1. The predicted molar refractivity (Wildman–Crippen MR) is 90.3 cm³/mol. The van der Waals surface area contributed by atoms with E-state index in [1.165, 1.54) is 0 Å². The number of anilines is 1. The molecule has 2 rings (SSSR count). The van der Waals surface area contributed by atoms with Crippen LogP contribution in [-0.4, -0.2) is 41.5 Å². The minimum atomic E-state index is -4.49.